The van der Waals surface area contributed by atoms with Gasteiger partial charge in [0.05, 0.1) is 0 Å². The van der Waals surface area contributed by atoms with Gasteiger partial charge in [0.1, 0.15) is 0 Å². The Bertz CT molecular complexity index is 205. The van der Waals surface area contributed by atoms with E-state index in [1.54, 1.807) is 26.0 Å². The molecule has 0 atom stereocenters. The van der Waals surface area contributed by atoms with Crippen molar-refractivity contribution in [1.29, 1.82) is 0 Å². The van der Waals surface area contributed by atoms with E-state index in [1.807, 2.05) is 6.07 Å². The van der Waals surface area contributed by atoms with Crippen LogP contribution >= 0.6 is 12.4 Å². The van der Waals surface area contributed by atoms with Crippen LogP contribution in [0.3, 0.4) is 0 Å². The van der Waals surface area contributed by atoms with Gasteiger partial charge in [-0.25, -0.2) is 0 Å². The number of halogens is 1. The Morgan fingerprint density at radius 2 is 1.60 bits per heavy atom. The van der Waals surface area contributed by atoms with Gasteiger partial charge < -0.3 is 5.21 Å². The lowest BCUT2D eigenvalue weighted by molar-refractivity contribution is -0.619. The van der Waals surface area contributed by atoms with Gasteiger partial charge >= 0.3 is 0 Å². The second-order valence-corrected chi connectivity index (χ2v) is 2.10. The van der Waals surface area contributed by atoms with Crippen LogP contribution in [0.1, 0.15) is 11.4 Å². The Morgan fingerprint density at radius 1 is 1.20 bits per heavy atom. The first kappa shape index (κ1) is 9.24. The minimum Gasteiger partial charge on any atom is -0.618 e. The highest BCUT2D eigenvalue weighted by atomic mass is 35.5. The molecular formula is C7H10ClNO. The molecule has 0 saturated carbocycles. The van der Waals surface area contributed by atoms with Crippen LogP contribution in [0, 0.1) is 19.1 Å². The van der Waals surface area contributed by atoms with Crippen molar-refractivity contribution in [3.05, 3.63) is 34.8 Å². The van der Waals surface area contributed by atoms with Gasteiger partial charge in [0.25, 0.3) is 0 Å². The average Bonchev–Trinajstić information content (AvgIpc) is 1.83. The summed E-state index contributed by atoms with van der Waals surface area (Å²) in [5.41, 5.74) is 1.49. The van der Waals surface area contributed by atoms with Gasteiger partial charge in [-0.15, -0.1) is 12.4 Å². The van der Waals surface area contributed by atoms with Crippen LogP contribution in [0.2, 0.25) is 0 Å². The zero-order valence-electron chi connectivity index (χ0n) is 6.00. The molecule has 0 radical (unpaired) electrons. The monoisotopic (exact) mass is 159 g/mol. The molecule has 0 N–H and O–H groups in total. The summed E-state index contributed by atoms with van der Waals surface area (Å²) in [4.78, 5) is 0. The van der Waals surface area contributed by atoms with Crippen LogP contribution in [0.15, 0.2) is 18.2 Å². The Morgan fingerprint density at radius 3 is 1.90 bits per heavy atom. The molecule has 1 rings (SSSR count). The summed E-state index contributed by atoms with van der Waals surface area (Å²) in [5, 5.41) is 10.9. The average molecular weight is 160 g/mol. The number of pyridine rings is 1. The quantitative estimate of drug-likeness (QED) is 0.415. The fraction of sp³-hybridized carbons (Fsp3) is 0.286. The molecule has 10 heavy (non-hydrogen) atoms. The van der Waals surface area contributed by atoms with Crippen LogP contribution in [0.25, 0.3) is 0 Å². The number of aromatic nitrogens is 1. The van der Waals surface area contributed by atoms with Gasteiger partial charge in [0.15, 0.2) is 11.4 Å². The molecule has 0 aliphatic carbocycles. The second-order valence-electron chi connectivity index (χ2n) is 2.10. The molecule has 0 amide bonds. The Kier molecular flexibility index (Phi) is 3.16. The molecule has 0 aromatic carbocycles. The topological polar surface area (TPSA) is 26.9 Å². The van der Waals surface area contributed by atoms with Crippen LogP contribution in [-0.2, 0) is 0 Å². The van der Waals surface area contributed by atoms with Crippen LogP contribution in [-0.4, -0.2) is 0 Å². The zero-order valence-corrected chi connectivity index (χ0v) is 6.81. The third-order valence-electron chi connectivity index (χ3n) is 1.32. The molecule has 0 spiro atoms. The predicted molar refractivity (Wildman–Crippen MR) is 42.1 cm³/mol. The van der Waals surface area contributed by atoms with Crippen molar-refractivity contribution in [3.63, 3.8) is 0 Å². The summed E-state index contributed by atoms with van der Waals surface area (Å²) in [7, 11) is 0. The lowest BCUT2D eigenvalue weighted by Gasteiger charge is -2.00. The SMILES string of the molecule is Cc1cccc(C)[n+]1[O-].Cl. The van der Waals surface area contributed by atoms with E-state index < -0.39 is 0 Å². The van der Waals surface area contributed by atoms with Crippen molar-refractivity contribution in [1.82, 2.24) is 0 Å². The maximum Gasteiger partial charge on any atom is 0.189 e. The van der Waals surface area contributed by atoms with E-state index in [4.69, 9.17) is 0 Å². The van der Waals surface area contributed by atoms with Gasteiger partial charge in [-0.05, 0) is 6.07 Å². The number of nitrogens with zero attached hydrogens (tertiary/aromatic N) is 1. The highest BCUT2D eigenvalue weighted by Crippen LogP contribution is 1.91. The number of hydrogen-bond donors (Lipinski definition) is 0. The van der Waals surface area contributed by atoms with E-state index in [0.29, 0.717) is 0 Å². The Labute approximate surface area is 66.5 Å². The molecule has 0 unspecified atom stereocenters. The minimum atomic E-state index is 0. The summed E-state index contributed by atoms with van der Waals surface area (Å²) < 4.78 is 0.917. The van der Waals surface area contributed by atoms with Crippen LogP contribution in [0.5, 0.6) is 0 Å². The molecule has 1 heterocycles. The largest absolute Gasteiger partial charge is 0.618 e. The third-order valence-corrected chi connectivity index (χ3v) is 1.32. The number of hydrogen-bond acceptors (Lipinski definition) is 1. The van der Waals surface area contributed by atoms with Gasteiger partial charge in [-0.3, -0.25) is 0 Å². The minimum absolute atomic E-state index is 0. The summed E-state index contributed by atoms with van der Waals surface area (Å²) >= 11 is 0. The van der Waals surface area contributed by atoms with Crippen molar-refractivity contribution in [2.45, 2.75) is 13.8 Å². The number of rotatable bonds is 0. The molecule has 0 aliphatic heterocycles. The molecule has 3 heteroatoms. The normalized spacial score (nSPS) is 8.60. The molecule has 0 fully saturated rings. The van der Waals surface area contributed by atoms with Crippen molar-refractivity contribution in [2.75, 3.05) is 0 Å². The molecule has 56 valence electrons. The van der Waals surface area contributed by atoms with Gasteiger partial charge in [0, 0.05) is 26.0 Å². The van der Waals surface area contributed by atoms with Crippen LogP contribution in [0.4, 0.5) is 0 Å². The summed E-state index contributed by atoms with van der Waals surface area (Å²) in [6, 6.07) is 5.46. The van der Waals surface area contributed by atoms with Crippen LogP contribution < -0.4 is 4.73 Å². The lowest BCUT2D eigenvalue weighted by Crippen LogP contribution is -2.32. The zero-order chi connectivity index (χ0) is 6.85. The number of aryl methyl sites for hydroxylation is 2. The van der Waals surface area contributed by atoms with E-state index in [1.165, 1.54) is 0 Å². The first-order chi connectivity index (χ1) is 4.22. The maximum absolute atomic E-state index is 10.9. The molecule has 0 bridgehead atoms. The van der Waals surface area contributed by atoms with E-state index in [2.05, 4.69) is 0 Å². The maximum atomic E-state index is 10.9. The molecule has 1 aromatic rings. The van der Waals surface area contributed by atoms with Gasteiger partial charge in [-0.2, -0.15) is 4.73 Å². The highest BCUT2D eigenvalue weighted by Gasteiger charge is 1.98. The first-order valence-electron chi connectivity index (χ1n) is 2.87. The van der Waals surface area contributed by atoms with Crippen molar-refractivity contribution < 1.29 is 4.73 Å². The van der Waals surface area contributed by atoms with Crippen molar-refractivity contribution >= 4 is 12.4 Å². The Balaban J connectivity index is 0.000000810. The van der Waals surface area contributed by atoms with Gasteiger partial charge in [-0.1, -0.05) is 0 Å². The highest BCUT2D eigenvalue weighted by molar-refractivity contribution is 5.85. The molecular weight excluding hydrogens is 150 g/mol. The predicted octanol–water partition coefficient (Wildman–Crippen LogP) is 1.36. The fourth-order valence-electron chi connectivity index (χ4n) is 0.740. The summed E-state index contributed by atoms with van der Waals surface area (Å²) in [6.07, 6.45) is 0. The summed E-state index contributed by atoms with van der Waals surface area (Å²) in [5.74, 6) is 0. The fourth-order valence-corrected chi connectivity index (χ4v) is 0.740. The standard InChI is InChI=1S/C7H9NO.ClH/c1-6-4-3-5-7(2)8(6)9;/h3-5H,1-2H3;1H. The van der Waals surface area contributed by atoms with E-state index in [9.17, 15) is 5.21 Å². The third kappa shape index (κ3) is 1.61. The van der Waals surface area contributed by atoms with E-state index >= 15 is 0 Å². The molecule has 1 aromatic heterocycles. The molecule has 2 nitrogen and oxygen atoms in total. The summed E-state index contributed by atoms with van der Waals surface area (Å²) in [6.45, 7) is 3.58. The Hall–Kier alpha value is -0.760. The molecule has 0 saturated heterocycles. The second kappa shape index (κ2) is 3.42. The van der Waals surface area contributed by atoms with Crippen molar-refractivity contribution in [2.24, 2.45) is 0 Å². The van der Waals surface area contributed by atoms with E-state index in [-0.39, 0.29) is 12.4 Å². The van der Waals surface area contributed by atoms with E-state index in [0.717, 1.165) is 16.1 Å². The van der Waals surface area contributed by atoms with Crippen molar-refractivity contribution in [3.8, 4) is 0 Å². The lowest BCUT2D eigenvalue weighted by atomic mass is 10.3. The first-order valence-corrected chi connectivity index (χ1v) is 2.87. The smallest absolute Gasteiger partial charge is 0.189 e. The molecule has 0 aliphatic rings. The van der Waals surface area contributed by atoms with Gasteiger partial charge in [0.2, 0.25) is 0 Å².